The summed E-state index contributed by atoms with van der Waals surface area (Å²) in [7, 11) is 1.62. The average molecular weight is 346 g/mol. The summed E-state index contributed by atoms with van der Waals surface area (Å²) in [6, 6.07) is 12.4. The average Bonchev–Trinajstić information content (AvgIpc) is 2.54. The van der Waals surface area contributed by atoms with Gasteiger partial charge in [0.05, 0.1) is 13.2 Å². The molecule has 1 N–H and O–H groups in total. The Morgan fingerprint density at radius 2 is 1.96 bits per heavy atom. The molecule has 1 atom stereocenters. The molecule has 0 saturated heterocycles. The van der Waals surface area contributed by atoms with Crippen LogP contribution < -0.4 is 14.8 Å². The highest BCUT2D eigenvalue weighted by atomic mass is 35.5. The fraction of sp³-hybridized carbons (Fsp3) is 0.316. The molecule has 0 aromatic heterocycles. The molecule has 0 bridgehead atoms. The molecule has 0 fully saturated rings. The van der Waals surface area contributed by atoms with Crippen LogP contribution in [0.15, 0.2) is 42.5 Å². The van der Waals surface area contributed by atoms with Gasteiger partial charge in [0.25, 0.3) is 5.91 Å². The van der Waals surface area contributed by atoms with E-state index in [1.54, 1.807) is 31.4 Å². The molecule has 5 heteroatoms. The van der Waals surface area contributed by atoms with Crippen molar-refractivity contribution in [3.63, 3.8) is 0 Å². The van der Waals surface area contributed by atoms with Crippen LogP contribution in [0.1, 0.15) is 42.2 Å². The molecule has 2 aromatic rings. The molecular weight excluding hydrogens is 326 g/mol. The maximum atomic E-state index is 12.6. The van der Waals surface area contributed by atoms with Crippen molar-refractivity contribution in [3.05, 3.63) is 58.6 Å². The molecular formula is C19H20ClNO3. The lowest BCUT2D eigenvalue weighted by molar-refractivity contribution is 0.0618. The van der Waals surface area contributed by atoms with Crippen LogP contribution in [0.5, 0.6) is 11.5 Å². The Morgan fingerprint density at radius 3 is 2.62 bits per heavy atom. The zero-order valence-electron chi connectivity index (χ0n) is 13.9. The minimum Gasteiger partial charge on any atom is -0.497 e. The first-order chi connectivity index (χ1) is 11.4. The van der Waals surface area contributed by atoms with E-state index in [2.05, 4.69) is 5.32 Å². The second kappa shape index (κ2) is 6.36. The molecule has 1 heterocycles. The third-order valence-electron chi connectivity index (χ3n) is 4.09. The third kappa shape index (κ3) is 3.49. The van der Waals surface area contributed by atoms with Crippen LogP contribution in [0.3, 0.4) is 0 Å². The summed E-state index contributed by atoms with van der Waals surface area (Å²) in [5.41, 5.74) is 1.14. The quantitative estimate of drug-likeness (QED) is 0.898. The van der Waals surface area contributed by atoms with Gasteiger partial charge in [-0.05, 0) is 56.3 Å². The molecule has 126 valence electrons. The molecule has 1 unspecified atom stereocenters. The van der Waals surface area contributed by atoms with E-state index in [9.17, 15) is 4.79 Å². The van der Waals surface area contributed by atoms with E-state index in [-0.39, 0.29) is 17.6 Å². The minimum absolute atomic E-state index is 0.136. The van der Waals surface area contributed by atoms with Gasteiger partial charge in [-0.3, -0.25) is 4.79 Å². The zero-order valence-corrected chi connectivity index (χ0v) is 14.7. The van der Waals surface area contributed by atoms with Gasteiger partial charge in [0, 0.05) is 22.6 Å². The van der Waals surface area contributed by atoms with E-state index in [4.69, 9.17) is 21.1 Å². The van der Waals surface area contributed by atoms with Crippen molar-refractivity contribution >= 4 is 17.5 Å². The standard InChI is InChI=1S/C19H20ClNO3/c1-19(2)11-16(15-10-14(23-3)8-9-17(15)24-19)21-18(22)12-4-6-13(20)7-5-12/h4-10,16H,11H2,1-3H3,(H,21,22). The SMILES string of the molecule is COc1ccc2c(c1)C(NC(=O)c1ccc(Cl)cc1)CC(C)(C)O2. The Morgan fingerprint density at radius 1 is 1.25 bits per heavy atom. The van der Waals surface area contributed by atoms with Crippen molar-refractivity contribution < 1.29 is 14.3 Å². The Kier molecular flexibility index (Phi) is 4.41. The van der Waals surface area contributed by atoms with Gasteiger partial charge >= 0.3 is 0 Å². The first-order valence-electron chi connectivity index (χ1n) is 7.81. The number of nitrogens with one attached hydrogen (secondary N) is 1. The molecule has 2 aromatic carbocycles. The summed E-state index contributed by atoms with van der Waals surface area (Å²) >= 11 is 5.88. The molecule has 0 radical (unpaired) electrons. The summed E-state index contributed by atoms with van der Waals surface area (Å²) < 4.78 is 11.3. The maximum Gasteiger partial charge on any atom is 0.251 e. The monoisotopic (exact) mass is 345 g/mol. The van der Waals surface area contributed by atoms with Crippen LogP contribution in [-0.4, -0.2) is 18.6 Å². The van der Waals surface area contributed by atoms with Gasteiger partial charge < -0.3 is 14.8 Å². The van der Waals surface area contributed by atoms with E-state index in [0.717, 1.165) is 17.1 Å². The van der Waals surface area contributed by atoms with Crippen LogP contribution in [0.4, 0.5) is 0 Å². The zero-order chi connectivity index (χ0) is 17.3. The number of hydrogen-bond donors (Lipinski definition) is 1. The van der Waals surface area contributed by atoms with E-state index >= 15 is 0 Å². The normalized spacial score (nSPS) is 18.2. The smallest absolute Gasteiger partial charge is 0.251 e. The lowest BCUT2D eigenvalue weighted by Crippen LogP contribution is -2.41. The number of ether oxygens (including phenoxy) is 2. The predicted octanol–water partition coefficient (Wildman–Crippen LogP) is 4.38. The van der Waals surface area contributed by atoms with Crippen molar-refractivity contribution in [2.45, 2.75) is 31.9 Å². The number of carbonyl (C=O) groups is 1. The van der Waals surface area contributed by atoms with Crippen molar-refractivity contribution in [1.82, 2.24) is 5.32 Å². The van der Waals surface area contributed by atoms with E-state index in [0.29, 0.717) is 17.0 Å². The Bertz CT molecular complexity index is 756. The minimum atomic E-state index is -0.362. The van der Waals surface area contributed by atoms with E-state index in [1.807, 2.05) is 32.0 Å². The summed E-state index contributed by atoms with van der Waals surface area (Å²) in [5.74, 6) is 1.37. The molecule has 0 spiro atoms. The van der Waals surface area contributed by atoms with Crippen molar-refractivity contribution in [2.75, 3.05) is 7.11 Å². The fourth-order valence-corrected chi connectivity index (χ4v) is 3.06. The summed E-state index contributed by atoms with van der Waals surface area (Å²) in [4.78, 5) is 12.6. The number of amides is 1. The number of benzene rings is 2. The number of halogens is 1. The molecule has 1 aliphatic heterocycles. The Labute approximate surface area is 146 Å². The summed E-state index contributed by atoms with van der Waals surface area (Å²) in [6.45, 7) is 4.03. The molecule has 0 aliphatic carbocycles. The molecule has 0 saturated carbocycles. The molecule has 4 nitrogen and oxygen atoms in total. The molecule has 24 heavy (non-hydrogen) atoms. The first kappa shape index (κ1) is 16.7. The first-order valence-corrected chi connectivity index (χ1v) is 8.19. The lowest BCUT2D eigenvalue weighted by atomic mass is 9.89. The predicted molar refractivity (Wildman–Crippen MR) is 94.0 cm³/mol. The topological polar surface area (TPSA) is 47.6 Å². The number of methoxy groups -OCH3 is 1. The summed E-state index contributed by atoms with van der Waals surface area (Å²) in [6.07, 6.45) is 0.673. The largest absolute Gasteiger partial charge is 0.497 e. The number of hydrogen-bond acceptors (Lipinski definition) is 3. The highest BCUT2D eigenvalue weighted by Gasteiger charge is 2.35. The maximum absolute atomic E-state index is 12.6. The molecule has 1 aliphatic rings. The highest BCUT2D eigenvalue weighted by Crippen LogP contribution is 2.41. The van der Waals surface area contributed by atoms with Crippen LogP contribution in [0, 0.1) is 0 Å². The number of fused-ring (bicyclic) bond motifs is 1. The second-order valence-electron chi connectivity index (χ2n) is 6.50. The van der Waals surface area contributed by atoms with Crippen LogP contribution in [0.25, 0.3) is 0 Å². The van der Waals surface area contributed by atoms with Gasteiger partial charge in [0.2, 0.25) is 0 Å². The van der Waals surface area contributed by atoms with Crippen LogP contribution >= 0.6 is 11.6 Å². The second-order valence-corrected chi connectivity index (χ2v) is 6.94. The van der Waals surface area contributed by atoms with Crippen molar-refractivity contribution in [3.8, 4) is 11.5 Å². The Balaban J connectivity index is 1.89. The van der Waals surface area contributed by atoms with Gasteiger partial charge in [-0.1, -0.05) is 11.6 Å². The van der Waals surface area contributed by atoms with Crippen molar-refractivity contribution in [2.24, 2.45) is 0 Å². The summed E-state index contributed by atoms with van der Waals surface area (Å²) in [5, 5.41) is 3.71. The van der Waals surface area contributed by atoms with Gasteiger partial charge in [0.15, 0.2) is 0 Å². The Hall–Kier alpha value is -2.20. The number of carbonyl (C=O) groups excluding carboxylic acids is 1. The highest BCUT2D eigenvalue weighted by molar-refractivity contribution is 6.30. The molecule has 1 amide bonds. The number of rotatable bonds is 3. The fourth-order valence-electron chi connectivity index (χ4n) is 2.93. The van der Waals surface area contributed by atoms with Gasteiger partial charge in [0.1, 0.15) is 17.1 Å². The van der Waals surface area contributed by atoms with Gasteiger partial charge in [-0.15, -0.1) is 0 Å². The van der Waals surface area contributed by atoms with Gasteiger partial charge in [-0.25, -0.2) is 0 Å². The molecule has 3 rings (SSSR count). The van der Waals surface area contributed by atoms with Crippen molar-refractivity contribution in [1.29, 1.82) is 0 Å². The van der Waals surface area contributed by atoms with E-state index in [1.165, 1.54) is 0 Å². The third-order valence-corrected chi connectivity index (χ3v) is 4.34. The van der Waals surface area contributed by atoms with Gasteiger partial charge in [-0.2, -0.15) is 0 Å². The van der Waals surface area contributed by atoms with E-state index < -0.39 is 0 Å². The van der Waals surface area contributed by atoms with Crippen LogP contribution in [0.2, 0.25) is 5.02 Å². The lowest BCUT2D eigenvalue weighted by Gasteiger charge is -2.38. The van der Waals surface area contributed by atoms with Crippen LogP contribution in [-0.2, 0) is 0 Å².